The number of hydrogen-bond donors (Lipinski definition) is 1. The van der Waals surface area contributed by atoms with Gasteiger partial charge in [-0.25, -0.2) is 4.39 Å². The number of aryl methyl sites for hydroxylation is 1. The molecule has 1 heterocycles. The summed E-state index contributed by atoms with van der Waals surface area (Å²) >= 11 is 0. The van der Waals surface area contributed by atoms with Gasteiger partial charge in [0, 0.05) is 30.8 Å². The van der Waals surface area contributed by atoms with Gasteiger partial charge in [-0.2, -0.15) is 0 Å². The normalized spacial score (nSPS) is 16.2. The van der Waals surface area contributed by atoms with Crippen LogP contribution in [-0.4, -0.2) is 35.6 Å². The molecule has 1 unspecified atom stereocenters. The van der Waals surface area contributed by atoms with Gasteiger partial charge in [-0.15, -0.1) is 0 Å². The van der Waals surface area contributed by atoms with E-state index >= 15 is 0 Å². The third-order valence-electron chi connectivity index (χ3n) is 5.59. The van der Waals surface area contributed by atoms with Gasteiger partial charge in [0.1, 0.15) is 5.82 Å². The summed E-state index contributed by atoms with van der Waals surface area (Å²) in [7, 11) is 0. The highest BCUT2D eigenvalue weighted by Crippen LogP contribution is 2.24. The van der Waals surface area contributed by atoms with Crippen molar-refractivity contribution in [2.45, 2.75) is 39.5 Å². The van der Waals surface area contributed by atoms with Crippen molar-refractivity contribution < 1.29 is 18.8 Å². The fourth-order valence-corrected chi connectivity index (χ4v) is 3.95. The van der Waals surface area contributed by atoms with Crippen LogP contribution in [0.5, 0.6) is 0 Å². The molecule has 30 heavy (non-hydrogen) atoms. The Morgan fingerprint density at radius 3 is 2.57 bits per heavy atom. The molecule has 0 aromatic heterocycles. The van der Waals surface area contributed by atoms with Crippen LogP contribution in [0.15, 0.2) is 42.5 Å². The summed E-state index contributed by atoms with van der Waals surface area (Å²) in [6.07, 6.45) is 2.84. The number of carbonyl (C=O) groups is 3. The number of rotatable bonds is 6. The van der Waals surface area contributed by atoms with Gasteiger partial charge in [0.05, 0.1) is 5.56 Å². The van der Waals surface area contributed by atoms with Crippen molar-refractivity contribution in [1.82, 2.24) is 4.90 Å². The van der Waals surface area contributed by atoms with Crippen LogP contribution in [-0.2, 0) is 4.79 Å². The van der Waals surface area contributed by atoms with Crippen molar-refractivity contribution in [1.29, 1.82) is 0 Å². The lowest BCUT2D eigenvalue weighted by atomic mass is 9.92. The minimum Gasteiger partial charge on any atom is -0.338 e. The number of piperidine rings is 1. The number of likely N-dealkylation sites (tertiary alicyclic amines) is 1. The van der Waals surface area contributed by atoms with Crippen LogP contribution in [0, 0.1) is 18.7 Å². The number of nitrogens with one attached hydrogen (secondary N) is 1. The van der Waals surface area contributed by atoms with Crippen LogP contribution in [0.1, 0.15) is 58.9 Å². The van der Waals surface area contributed by atoms with Crippen LogP contribution in [0.2, 0.25) is 0 Å². The van der Waals surface area contributed by atoms with E-state index in [-0.39, 0.29) is 29.3 Å². The van der Waals surface area contributed by atoms with Gasteiger partial charge < -0.3 is 10.2 Å². The number of benzene rings is 2. The smallest absolute Gasteiger partial charge is 0.254 e. The van der Waals surface area contributed by atoms with Gasteiger partial charge in [0.15, 0.2) is 5.78 Å². The van der Waals surface area contributed by atoms with Gasteiger partial charge in [0.2, 0.25) is 5.91 Å². The zero-order valence-electron chi connectivity index (χ0n) is 17.4. The lowest BCUT2D eigenvalue weighted by Gasteiger charge is -2.33. The Kier molecular flexibility index (Phi) is 6.98. The fourth-order valence-electron chi connectivity index (χ4n) is 3.95. The number of ketones is 1. The van der Waals surface area contributed by atoms with E-state index in [1.165, 1.54) is 19.1 Å². The Hall–Kier alpha value is -3.02. The van der Waals surface area contributed by atoms with Crippen molar-refractivity contribution in [2.75, 3.05) is 18.4 Å². The third-order valence-corrected chi connectivity index (χ3v) is 5.59. The molecule has 2 amide bonds. The monoisotopic (exact) mass is 410 g/mol. The average Bonchev–Trinajstić information content (AvgIpc) is 2.74. The van der Waals surface area contributed by atoms with Crippen molar-refractivity contribution in [3.63, 3.8) is 0 Å². The summed E-state index contributed by atoms with van der Waals surface area (Å²) in [5.74, 6) is -0.469. The van der Waals surface area contributed by atoms with Crippen molar-refractivity contribution in [3.8, 4) is 0 Å². The van der Waals surface area contributed by atoms with E-state index in [1.807, 2.05) is 0 Å². The summed E-state index contributed by atoms with van der Waals surface area (Å²) in [5, 5.41) is 2.83. The third kappa shape index (κ3) is 5.32. The first-order valence-electron chi connectivity index (χ1n) is 10.3. The number of carbonyl (C=O) groups excluding carboxylic acids is 3. The van der Waals surface area contributed by atoms with Crippen LogP contribution in [0.25, 0.3) is 0 Å². The highest BCUT2D eigenvalue weighted by Gasteiger charge is 2.26. The summed E-state index contributed by atoms with van der Waals surface area (Å²) in [5.41, 5.74) is 2.18. The molecule has 5 nitrogen and oxygen atoms in total. The predicted molar refractivity (Wildman–Crippen MR) is 114 cm³/mol. The van der Waals surface area contributed by atoms with Gasteiger partial charge in [-0.3, -0.25) is 14.4 Å². The van der Waals surface area contributed by atoms with Crippen molar-refractivity contribution >= 4 is 23.3 Å². The molecule has 6 heteroatoms. The minimum absolute atomic E-state index is 0.116. The molecule has 158 valence electrons. The Morgan fingerprint density at radius 2 is 1.87 bits per heavy atom. The van der Waals surface area contributed by atoms with Crippen molar-refractivity contribution in [2.24, 2.45) is 5.92 Å². The van der Waals surface area contributed by atoms with Crippen LogP contribution in [0.4, 0.5) is 10.1 Å². The SMILES string of the molecule is CC(=O)c1ccccc1C(=O)N1CCCC(CCC(=O)Nc2ccc(F)cc2C)C1. The zero-order chi connectivity index (χ0) is 21.7. The lowest BCUT2D eigenvalue weighted by molar-refractivity contribution is -0.116. The number of hydrogen-bond acceptors (Lipinski definition) is 3. The molecule has 3 rings (SSSR count). The molecule has 1 aliphatic heterocycles. The summed E-state index contributed by atoms with van der Waals surface area (Å²) in [6.45, 7) is 4.45. The molecule has 1 fully saturated rings. The summed E-state index contributed by atoms with van der Waals surface area (Å²) < 4.78 is 13.2. The highest BCUT2D eigenvalue weighted by atomic mass is 19.1. The molecule has 1 N–H and O–H groups in total. The average molecular weight is 410 g/mol. The predicted octanol–water partition coefficient (Wildman–Crippen LogP) is 4.61. The molecule has 1 saturated heterocycles. The first-order chi connectivity index (χ1) is 14.3. The topological polar surface area (TPSA) is 66.5 Å². The van der Waals surface area contributed by atoms with E-state index in [4.69, 9.17) is 0 Å². The maximum Gasteiger partial charge on any atom is 0.254 e. The van der Waals surface area contributed by atoms with E-state index in [1.54, 1.807) is 42.2 Å². The Bertz CT molecular complexity index is 957. The number of anilines is 1. The first-order valence-corrected chi connectivity index (χ1v) is 10.3. The maximum atomic E-state index is 13.2. The van der Waals surface area contributed by atoms with E-state index in [2.05, 4.69) is 5.32 Å². The molecule has 0 radical (unpaired) electrons. The molecular weight excluding hydrogens is 383 g/mol. The molecule has 0 aliphatic carbocycles. The first kappa shape index (κ1) is 21.7. The van der Waals surface area contributed by atoms with Crippen LogP contribution < -0.4 is 5.32 Å². The molecule has 2 aromatic rings. The second kappa shape index (κ2) is 9.65. The van der Waals surface area contributed by atoms with Crippen LogP contribution in [0.3, 0.4) is 0 Å². The van der Waals surface area contributed by atoms with E-state index in [0.717, 1.165) is 12.8 Å². The fraction of sp³-hybridized carbons (Fsp3) is 0.375. The number of halogens is 1. The Morgan fingerprint density at radius 1 is 1.13 bits per heavy atom. The Balaban J connectivity index is 1.57. The van der Waals surface area contributed by atoms with Gasteiger partial charge >= 0.3 is 0 Å². The lowest BCUT2D eigenvalue weighted by Crippen LogP contribution is -2.40. The van der Waals surface area contributed by atoms with Gasteiger partial charge in [-0.05, 0) is 68.9 Å². The molecule has 0 saturated carbocycles. The molecular formula is C24H27FN2O3. The van der Waals surface area contributed by atoms with E-state index < -0.39 is 0 Å². The molecule has 1 atom stereocenters. The highest BCUT2D eigenvalue weighted by molar-refractivity contribution is 6.07. The van der Waals surface area contributed by atoms with Crippen LogP contribution >= 0.6 is 0 Å². The zero-order valence-corrected chi connectivity index (χ0v) is 17.4. The molecule has 0 bridgehead atoms. The van der Waals surface area contributed by atoms with E-state index in [0.29, 0.717) is 48.3 Å². The largest absolute Gasteiger partial charge is 0.338 e. The summed E-state index contributed by atoms with van der Waals surface area (Å²) in [6, 6.07) is 11.2. The minimum atomic E-state index is -0.330. The quantitative estimate of drug-likeness (QED) is 0.708. The van der Waals surface area contributed by atoms with Crippen molar-refractivity contribution in [3.05, 3.63) is 65.0 Å². The van der Waals surface area contributed by atoms with Gasteiger partial charge in [-0.1, -0.05) is 18.2 Å². The molecule has 1 aliphatic rings. The number of amides is 2. The van der Waals surface area contributed by atoms with Gasteiger partial charge in [0.25, 0.3) is 5.91 Å². The van der Waals surface area contributed by atoms with E-state index in [9.17, 15) is 18.8 Å². The standard InChI is InChI=1S/C24H27FN2O3/c1-16-14-19(25)10-11-22(16)26-23(29)12-9-18-6-5-13-27(15-18)24(30)21-8-4-3-7-20(21)17(2)28/h3-4,7-8,10-11,14,18H,5-6,9,12-13,15H2,1-2H3,(H,26,29). The summed E-state index contributed by atoms with van der Waals surface area (Å²) in [4.78, 5) is 38.9. The number of Topliss-reactive ketones (excluding diaryl/α,β-unsaturated/α-hetero) is 1. The second-order valence-electron chi connectivity index (χ2n) is 7.91. The molecule has 2 aromatic carbocycles. The second-order valence-corrected chi connectivity index (χ2v) is 7.91. The maximum absolute atomic E-state index is 13.2. The number of nitrogens with zero attached hydrogens (tertiary/aromatic N) is 1. The Labute approximate surface area is 176 Å². The molecule has 0 spiro atoms.